The summed E-state index contributed by atoms with van der Waals surface area (Å²) in [6, 6.07) is 0. The Morgan fingerprint density at radius 2 is 2.20 bits per heavy atom. The smallest absolute Gasteiger partial charge is 0.0427 e. The van der Waals surface area contributed by atoms with Crippen molar-refractivity contribution in [2.45, 2.75) is 27.2 Å². The fraction of sp³-hybridized carbons (Fsp3) is 0.667. The molecule has 0 saturated heterocycles. The predicted molar refractivity (Wildman–Crippen MR) is 45.5 cm³/mol. The normalized spacial score (nSPS) is 18.8. The fourth-order valence-electron chi connectivity index (χ4n) is 1.34. The monoisotopic (exact) mass is 137 g/mol. The molecule has 0 aliphatic carbocycles. The van der Waals surface area contributed by atoms with Crippen molar-refractivity contribution in [3.8, 4) is 0 Å². The molecule has 56 valence electrons. The number of dihydropyridines is 1. The van der Waals surface area contributed by atoms with E-state index in [-0.39, 0.29) is 0 Å². The van der Waals surface area contributed by atoms with E-state index in [2.05, 4.69) is 31.8 Å². The first-order chi connectivity index (χ1) is 4.72. The lowest BCUT2D eigenvalue weighted by molar-refractivity contribution is 0.780. The highest BCUT2D eigenvalue weighted by Gasteiger charge is 2.08. The molecule has 1 aliphatic rings. The summed E-state index contributed by atoms with van der Waals surface area (Å²) in [5.74, 6) is 0.643. The van der Waals surface area contributed by atoms with Crippen LogP contribution in [0.1, 0.15) is 27.2 Å². The topological polar surface area (TPSA) is 12.4 Å². The van der Waals surface area contributed by atoms with E-state index in [9.17, 15) is 0 Å². The maximum atomic E-state index is 4.38. The molecule has 1 rings (SSSR count). The summed E-state index contributed by atoms with van der Waals surface area (Å²) >= 11 is 0. The first kappa shape index (κ1) is 7.52. The average Bonchev–Trinajstić information content (AvgIpc) is 1.88. The molecule has 0 saturated carbocycles. The van der Waals surface area contributed by atoms with Crippen molar-refractivity contribution in [3.63, 3.8) is 0 Å². The van der Waals surface area contributed by atoms with Gasteiger partial charge in [0.05, 0.1) is 0 Å². The molecule has 0 amide bonds. The molecule has 1 heteroatoms. The molecule has 10 heavy (non-hydrogen) atoms. The van der Waals surface area contributed by atoms with E-state index in [1.807, 2.05) is 0 Å². The van der Waals surface area contributed by atoms with E-state index in [1.165, 1.54) is 11.3 Å². The second-order valence-corrected chi connectivity index (χ2v) is 3.07. The molecular formula is C9H15N. The number of hydrogen-bond acceptors (Lipinski definition) is 1. The standard InChI is InChI=1S/C9H15N/c1-7(2)9-5-4-6-10-8(9)3/h5,7H,4,6H2,1-3H3. The van der Waals surface area contributed by atoms with Crippen LogP contribution in [-0.4, -0.2) is 12.3 Å². The Labute approximate surface area is 62.9 Å². The first-order valence-electron chi connectivity index (χ1n) is 3.93. The Bertz CT molecular complexity index is 175. The van der Waals surface area contributed by atoms with Gasteiger partial charge in [-0.3, -0.25) is 4.99 Å². The quantitative estimate of drug-likeness (QED) is 0.526. The molecule has 0 aromatic rings. The Balaban J connectivity index is 2.74. The third kappa shape index (κ3) is 1.47. The van der Waals surface area contributed by atoms with Gasteiger partial charge in [-0.05, 0) is 24.8 Å². The van der Waals surface area contributed by atoms with Crippen molar-refractivity contribution in [1.29, 1.82) is 0 Å². The predicted octanol–water partition coefficient (Wildman–Crippen LogP) is 2.43. The summed E-state index contributed by atoms with van der Waals surface area (Å²) in [6.45, 7) is 7.53. The maximum Gasteiger partial charge on any atom is 0.0427 e. The summed E-state index contributed by atoms with van der Waals surface area (Å²) in [5.41, 5.74) is 2.67. The zero-order chi connectivity index (χ0) is 7.56. The highest BCUT2D eigenvalue weighted by molar-refractivity contribution is 5.99. The lowest BCUT2D eigenvalue weighted by Crippen LogP contribution is -2.09. The second-order valence-electron chi connectivity index (χ2n) is 3.07. The zero-order valence-electron chi connectivity index (χ0n) is 7.02. The Morgan fingerprint density at radius 3 is 2.60 bits per heavy atom. The minimum absolute atomic E-state index is 0.643. The van der Waals surface area contributed by atoms with Crippen molar-refractivity contribution in [1.82, 2.24) is 0 Å². The first-order valence-corrected chi connectivity index (χ1v) is 3.93. The van der Waals surface area contributed by atoms with Crippen LogP contribution in [-0.2, 0) is 0 Å². The van der Waals surface area contributed by atoms with Crippen LogP contribution < -0.4 is 0 Å². The molecule has 0 N–H and O–H groups in total. The zero-order valence-corrected chi connectivity index (χ0v) is 7.02. The molecular weight excluding hydrogens is 122 g/mol. The van der Waals surface area contributed by atoms with E-state index in [0.29, 0.717) is 5.92 Å². The molecule has 0 aromatic heterocycles. The molecule has 0 fully saturated rings. The molecule has 0 aromatic carbocycles. The Morgan fingerprint density at radius 1 is 1.50 bits per heavy atom. The molecule has 0 spiro atoms. The van der Waals surface area contributed by atoms with Gasteiger partial charge in [-0.1, -0.05) is 19.9 Å². The van der Waals surface area contributed by atoms with Crippen molar-refractivity contribution >= 4 is 5.71 Å². The van der Waals surface area contributed by atoms with E-state index < -0.39 is 0 Å². The van der Waals surface area contributed by atoms with Crippen molar-refractivity contribution in [2.75, 3.05) is 6.54 Å². The van der Waals surface area contributed by atoms with E-state index in [4.69, 9.17) is 0 Å². The molecule has 0 unspecified atom stereocenters. The summed E-state index contributed by atoms with van der Waals surface area (Å²) in [6.07, 6.45) is 3.44. The molecule has 1 nitrogen and oxygen atoms in total. The van der Waals surface area contributed by atoms with Gasteiger partial charge in [0.15, 0.2) is 0 Å². The molecule has 0 bridgehead atoms. The largest absolute Gasteiger partial charge is 0.289 e. The van der Waals surface area contributed by atoms with Crippen LogP contribution in [0.25, 0.3) is 0 Å². The van der Waals surface area contributed by atoms with Gasteiger partial charge < -0.3 is 0 Å². The number of hydrogen-bond donors (Lipinski definition) is 0. The van der Waals surface area contributed by atoms with Crippen LogP contribution in [0.4, 0.5) is 0 Å². The van der Waals surface area contributed by atoms with Crippen LogP contribution in [0.5, 0.6) is 0 Å². The number of nitrogens with zero attached hydrogens (tertiary/aromatic N) is 1. The highest BCUT2D eigenvalue weighted by atomic mass is 14.7. The molecule has 1 aliphatic heterocycles. The van der Waals surface area contributed by atoms with Crippen molar-refractivity contribution in [2.24, 2.45) is 10.9 Å². The van der Waals surface area contributed by atoms with Crippen LogP contribution in [0.3, 0.4) is 0 Å². The summed E-state index contributed by atoms with van der Waals surface area (Å²) < 4.78 is 0. The molecule has 0 radical (unpaired) electrons. The van der Waals surface area contributed by atoms with E-state index in [0.717, 1.165) is 13.0 Å². The third-order valence-corrected chi connectivity index (χ3v) is 1.88. The SMILES string of the molecule is CC1=NCCC=C1C(C)C. The van der Waals surface area contributed by atoms with Gasteiger partial charge >= 0.3 is 0 Å². The lowest BCUT2D eigenvalue weighted by Gasteiger charge is -2.14. The number of allylic oxidation sites excluding steroid dienone is 1. The fourth-order valence-corrected chi connectivity index (χ4v) is 1.34. The van der Waals surface area contributed by atoms with Gasteiger partial charge in [0.25, 0.3) is 0 Å². The van der Waals surface area contributed by atoms with Gasteiger partial charge in [0.2, 0.25) is 0 Å². The Hall–Kier alpha value is -0.590. The number of aliphatic imine (C=N–C) groups is 1. The average molecular weight is 137 g/mol. The van der Waals surface area contributed by atoms with Crippen LogP contribution >= 0.6 is 0 Å². The Kier molecular flexibility index (Phi) is 2.25. The minimum Gasteiger partial charge on any atom is -0.289 e. The van der Waals surface area contributed by atoms with Crippen molar-refractivity contribution in [3.05, 3.63) is 11.6 Å². The van der Waals surface area contributed by atoms with Crippen LogP contribution in [0, 0.1) is 5.92 Å². The number of rotatable bonds is 1. The minimum atomic E-state index is 0.643. The molecule has 0 atom stereocenters. The van der Waals surface area contributed by atoms with Gasteiger partial charge in [0.1, 0.15) is 0 Å². The molecule has 1 heterocycles. The van der Waals surface area contributed by atoms with E-state index >= 15 is 0 Å². The van der Waals surface area contributed by atoms with Crippen molar-refractivity contribution < 1.29 is 0 Å². The van der Waals surface area contributed by atoms with Gasteiger partial charge in [-0.15, -0.1) is 0 Å². The summed E-state index contributed by atoms with van der Waals surface area (Å²) in [4.78, 5) is 4.38. The van der Waals surface area contributed by atoms with Crippen LogP contribution in [0.2, 0.25) is 0 Å². The van der Waals surface area contributed by atoms with Crippen LogP contribution in [0.15, 0.2) is 16.6 Å². The summed E-state index contributed by atoms with van der Waals surface area (Å²) in [5, 5.41) is 0. The third-order valence-electron chi connectivity index (χ3n) is 1.88. The van der Waals surface area contributed by atoms with Gasteiger partial charge in [-0.25, -0.2) is 0 Å². The van der Waals surface area contributed by atoms with E-state index in [1.54, 1.807) is 0 Å². The van der Waals surface area contributed by atoms with Gasteiger partial charge in [-0.2, -0.15) is 0 Å². The van der Waals surface area contributed by atoms with Gasteiger partial charge in [0, 0.05) is 12.3 Å². The summed E-state index contributed by atoms with van der Waals surface area (Å²) in [7, 11) is 0. The second kappa shape index (κ2) is 3.00. The lowest BCUT2D eigenvalue weighted by atomic mass is 9.96. The maximum absolute atomic E-state index is 4.38. The highest BCUT2D eigenvalue weighted by Crippen LogP contribution is 2.15.